The van der Waals surface area contributed by atoms with Gasteiger partial charge in [-0.25, -0.2) is 4.98 Å². The van der Waals surface area contributed by atoms with E-state index in [1.807, 2.05) is 13.1 Å². The summed E-state index contributed by atoms with van der Waals surface area (Å²) in [6.45, 7) is 8.86. The molecule has 3 aromatic rings. The van der Waals surface area contributed by atoms with Crippen molar-refractivity contribution in [2.75, 3.05) is 43.0 Å². The topological polar surface area (TPSA) is 105 Å². The fourth-order valence-electron chi connectivity index (χ4n) is 7.44. The third-order valence-electron chi connectivity index (χ3n) is 9.90. The highest BCUT2D eigenvalue weighted by molar-refractivity contribution is 5.97. The van der Waals surface area contributed by atoms with Crippen molar-refractivity contribution in [1.29, 1.82) is 5.26 Å². The van der Waals surface area contributed by atoms with Crippen molar-refractivity contribution in [1.82, 2.24) is 20.5 Å². The molecule has 0 unspecified atom stereocenters. The van der Waals surface area contributed by atoms with E-state index in [4.69, 9.17) is 4.98 Å². The van der Waals surface area contributed by atoms with Gasteiger partial charge in [-0.1, -0.05) is 36.9 Å². The summed E-state index contributed by atoms with van der Waals surface area (Å²) < 4.78 is 0. The molecular formula is C36H43N7O2. The van der Waals surface area contributed by atoms with Crippen LogP contribution in [-0.4, -0.2) is 73.1 Å². The SMILES string of the molecule is C=CC(=O)N1CCN(c2cc(C(=O)N[C@H]3CC[C@@H](NC)CC3)nc3c2CCN(c2cccc4cccc(C)c24)C3)C[C@@H]1CC#N. The Bertz CT molecular complexity index is 1630. The molecule has 9 heteroatoms. The number of nitriles is 1. The minimum absolute atomic E-state index is 0.131. The molecule has 2 amide bonds. The van der Waals surface area contributed by atoms with Crippen molar-refractivity contribution in [3.63, 3.8) is 0 Å². The molecule has 1 saturated heterocycles. The average Bonchev–Trinajstić information content (AvgIpc) is 3.07. The highest BCUT2D eigenvalue weighted by Gasteiger charge is 2.33. The maximum absolute atomic E-state index is 13.8. The van der Waals surface area contributed by atoms with Gasteiger partial charge in [0.05, 0.1) is 30.8 Å². The first-order valence-electron chi connectivity index (χ1n) is 16.2. The van der Waals surface area contributed by atoms with Gasteiger partial charge in [-0.3, -0.25) is 9.59 Å². The lowest BCUT2D eigenvalue weighted by Gasteiger charge is -2.43. The van der Waals surface area contributed by atoms with Crippen LogP contribution in [0.2, 0.25) is 0 Å². The number of carbonyl (C=O) groups is 2. The molecule has 0 bridgehead atoms. The molecule has 3 aliphatic rings. The lowest BCUT2D eigenvalue weighted by Crippen LogP contribution is -2.55. The number of rotatable bonds is 7. The number of nitrogens with zero attached hydrogens (tertiary/aromatic N) is 5. The fraction of sp³-hybridized carbons (Fsp3) is 0.444. The van der Waals surface area contributed by atoms with Gasteiger partial charge < -0.3 is 25.3 Å². The number of amides is 2. The van der Waals surface area contributed by atoms with Crippen LogP contribution in [0.3, 0.4) is 0 Å². The molecule has 9 nitrogen and oxygen atoms in total. The van der Waals surface area contributed by atoms with Gasteiger partial charge in [0.15, 0.2) is 0 Å². The van der Waals surface area contributed by atoms with E-state index in [-0.39, 0.29) is 30.3 Å². The molecule has 234 valence electrons. The summed E-state index contributed by atoms with van der Waals surface area (Å²) in [6, 6.07) is 17.4. The fourth-order valence-corrected chi connectivity index (χ4v) is 7.44. The first-order chi connectivity index (χ1) is 21.9. The van der Waals surface area contributed by atoms with Crippen molar-refractivity contribution >= 4 is 34.0 Å². The van der Waals surface area contributed by atoms with E-state index in [2.05, 4.69) is 76.4 Å². The van der Waals surface area contributed by atoms with Crippen LogP contribution in [0.25, 0.3) is 10.8 Å². The zero-order valence-electron chi connectivity index (χ0n) is 26.4. The number of anilines is 2. The summed E-state index contributed by atoms with van der Waals surface area (Å²) in [5.41, 5.74) is 5.90. The Hall–Kier alpha value is -4.42. The molecule has 1 atom stereocenters. The van der Waals surface area contributed by atoms with E-state index in [9.17, 15) is 14.9 Å². The van der Waals surface area contributed by atoms with E-state index in [1.165, 1.54) is 28.1 Å². The van der Waals surface area contributed by atoms with E-state index < -0.39 is 0 Å². The number of benzene rings is 2. The Balaban J connectivity index is 1.34. The van der Waals surface area contributed by atoms with Gasteiger partial charge in [-0.05, 0) is 75.2 Å². The van der Waals surface area contributed by atoms with Crippen LogP contribution in [-0.2, 0) is 17.8 Å². The van der Waals surface area contributed by atoms with Crippen LogP contribution >= 0.6 is 0 Å². The van der Waals surface area contributed by atoms with Gasteiger partial charge in [0.2, 0.25) is 5.91 Å². The quantitative estimate of drug-likeness (QED) is 0.383. The molecule has 2 N–H and O–H groups in total. The zero-order chi connectivity index (χ0) is 31.5. The predicted molar refractivity (Wildman–Crippen MR) is 178 cm³/mol. The molecule has 2 aromatic carbocycles. The Morgan fingerprint density at radius 1 is 1.04 bits per heavy atom. The van der Waals surface area contributed by atoms with Gasteiger partial charge in [-0.15, -0.1) is 0 Å². The first kappa shape index (κ1) is 30.6. The van der Waals surface area contributed by atoms with Crippen molar-refractivity contribution in [2.24, 2.45) is 0 Å². The monoisotopic (exact) mass is 605 g/mol. The van der Waals surface area contributed by atoms with Crippen LogP contribution in [0.1, 0.15) is 59.4 Å². The number of hydrogen-bond acceptors (Lipinski definition) is 7. The maximum Gasteiger partial charge on any atom is 0.270 e. The average molecular weight is 606 g/mol. The Kier molecular flexibility index (Phi) is 9.04. The summed E-state index contributed by atoms with van der Waals surface area (Å²) >= 11 is 0. The number of nitrogens with one attached hydrogen (secondary N) is 2. The number of fused-ring (bicyclic) bond motifs is 2. The lowest BCUT2D eigenvalue weighted by atomic mass is 9.91. The summed E-state index contributed by atoms with van der Waals surface area (Å²) in [6.07, 6.45) is 6.31. The molecule has 1 aromatic heterocycles. The van der Waals surface area contributed by atoms with Crippen LogP contribution in [0.5, 0.6) is 0 Å². The van der Waals surface area contributed by atoms with Crippen LogP contribution in [0, 0.1) is 18.3 Å². The summed E-state index contributed by atoms with van der Waals surface area (Å²) in [5, 5.41) is 18.7. The second kappa shape index (κ2) is 13.3. The van der Waals surface area contributed by atoms with Gasteiger partial charge in [0.1, 0.15) is 5.69 Å². The van der Waals surface area contributed by atoms with E-state index in [0.29, 0.717) is 37.9 Å². The van der Waals surface area contributed by atoms with Gasteiger partial charge in [0.25, 0.3) is 5.91 Å². The van der Waals surface area contributed by atoms with Crippen molar-refractivity contribution in [3.8, 4) is 6.07 Å². The minimum Gasteiger partial charge on any atom is -0.367 e. The van der Waals surface area contributed by atoms with Gasteiger partial charge >= 0.3 is 0 Å². The van der Waals surface area contributed by atoms with Crippen LogP contribution in [0.15, 0.2) is 55.1 Å². The second-order valence-electron chi connectivity index (χ2n) is 12.6. The number of aryl methyl sites for hydroxylation is 1. The van der Waals surface area contributed by atoms with Crippen LogP contribution in [0.4, 0.5) is 11.4 Å². The molecule has 1 aliphatic carbocycles. The smallest absolute Gasteiger partial charge is 0.270 e. The molecule has 6 rings (SSSR count). The molecular weight excluding hydrogens is 562 g/mol. The third-order valence-corrected chi connectivity index (χ3v) is 9.90. The predicted octanol–water partition coefficient (Wildman–Crippen LogP) is 4.48. The van der Waals surface area contributed by atoms with E-state index >= 15 is 0 Å². The number of hydrogen-bond donors (Lipinski definition) is 2. The number of piperazine rings is 1. The molecule has 0 radical (unpaired) electrons. The van der Waals surface area contributed by atoms with E-state index in [0.717, 1.165) is 55.6 Å². The molecule has 45 heavy (non-hydrogen) atoms. The molecule has 2 aliphatic heterocycles. The zero-order valence-corrected chi connectivity index (χ0v) is 26.4. The highest BCUT2D eigenvalue weighted by atomic mass is 16.2. The molecule has 3 heterocycles. The minimum atomic E-state index is -0.253. The summed E-state index contributed by atoms with van der Waals surface area (Å²) in [4.78, 5) is 37.8. The Morgan fingerprint density at radius 2 is 1.80 bits per heavy atom. The third kappa shape index (κ3) is 6.25. The standard InChI is InChI=1S/C36H43N7O2/c1-4-34(44)43-20-19-42(22-28(43)15-17-37)33-21-30(36(45)39-27-13-11-26(38-3)12-14-27)40-31-23-41(18-16-29(31)33)32-10-6-9-25-8-5-7-24(2)35(25)32/h4-10,21,26-28,38H,1,11-16,18-20,22-23H2,2-3H3,(H,39,45)/t26-,27+,28-/m0/s1. The first-order valence-corrected chi connectivity index (χ1v) is 16.2. The summed E-state index contributed by atoms with van der Waals surface area (Å²) in [7, 11) is 2.00. The Morgan fingerprint density at radius 3 is 2.53 bits per heavy atom. The molecule has 1 saturated carbocycles. The second-order valence-corrected chi connectivity index (χ2v) is 12.6. The van der Waals surface area contributed by atoms with Crippen molar-refractivity contribution in [2.45, 2.75) is 70.1 Å². The summed E-state index contributed by atoms with van der Waals surface area (Å²) in [5.74, 6) is -0.292. The normalized spacial score (nSPS) is 21.6. The molecule has 2 fully saturated rings. The maximum atomic E-state index is 13.8. The number of carbonyl (C=O) groups excluding carboxylic acids is 2. The van der Waals surface area contributed by atoms with Crippen LogP contribution < -0.4 is 20.4 Å². The van der Waals surface area contributed by atoms with E-state index in [1.54, 1.807) is 4.90 Å². The Labute approximate surface area is 265 Å². The van der Waals surface area contributed by atoms with Crippen molar-refractivity contribution in [3.05, 3.63) is 77.6 Å². The number of aromatic nitrogens is 1. The number of pyridine rings is 1. The largest absolute Gasteiger partial charge is 0.367 e. The van der Waals surface area contributed by atoms with Crippen molar-refractivity contribution < 1.29 is 9.59 Å². The lowest BCUT2D eigenvalue weighted by molar-refractivity contribution is -0.128. The van der Waals surface area contributed by atoms with Gasteiger partial charge in [-0.2, -0.15) is 5.26 Å². The molecule has 0 spiro atoms. The van der Waals surface area contributed by atoms with Gasteiger partial charge in [0, 0.05) is 60.6 Å². The highest BCUT2D eigenvalue weighted by Crippen LogP contribution is 2.36.